The van der Waals surface area contributed by atoms with Gasteiger partial charge in [-0.25, -0.2) is 8.42 Å². The maximum Gasteiger partial charge on any atom is 0.224 e. The van der Waals surface area contributed by atoms with E-state index in [0.717, 1.165) is 19.4 Å². The predicted molar refractivity (Wildman–Crippen MR) is 90.2 cm³/mol. The zero-order chi connectivity index (χ0) is 16.3. The summed E-state index contributed by atoms with van der Waals surface area (Å²) >= 11 is 0. The molecule has 10 heteroatoms. The lowest BCUT2D eigenvalue weighted by Crippen LogP contribution is -2.51. The molecule has 1 unspecified atom stereocenters. The molecule has 1 N–H and O–H groups in total. The first kappa shape index (κ1) is 19.2. The number of amides is 1. The third-order valence-electron chi connectivity index (χ3n) is 4.39. The van der Waals surface area contributed by atoms with Crippen molar-refractivity contribution in [3.8, 4) is 0 Å². The van der Waals surface area contributed by atoms with Crippen molar-refractivity contribution in [2.45, 2.75) is 31.1 Å². The van der Waals surface area contributed by atoms with Gasteiger partial charge in [-0.15, -0.1) is 12.4 Å². The van der Waals surface area contributed by atoms with E-state index in [1.54, 1.807) is 11.0 Å². The van der Waals surface area contributed by atoms with Gasteiger partial charge in [-0.1, -0.05) is 5.16 Å². The Labute approximate surface area is 148 Å². The highest BCUT2D eigenvalue weighted by Gasteiger charge is 2.30. The summed E-state index contributed by atoms with van der Waals surface area (Å²) in [6.07, 6.45) is 4.02. The molecule has 24 heavy (non-hydrogen) atoms. The monoisotopic (exact) mass is 378 g/mol. The van der Waals surface area contributed by atoms with Crippen LogP contribution in [0.3, 0.4) is 0 Å². The molecule has 1 atom stereocenters. The molecule has 8 nitrogen and oxygen atoms in total. The van der Waals surface area contributed by atoms with E-state index in [4.69, 9.17) is 0 Å². The molecule has 3 rings (SSSR count). The van der Waals surface area contributed by atoms with Crippen LogP contribution in [-0.2, 0) is 20.6 Å². The molecule has 2 fully saturated rings. The number of rotatable bonds is 5. The van der Waals surface area contributed by atoms with E-state index in [-0.39, 0.29) is 30.1 Å². The second kappa shape index (κ2) is 8.28. The van der Waals surface area contributed by atoms with Gasteiger partial charge < -0.3 is 14.7 Å². The van der Waals surface area contributed by atoms with E-state index >= 15 is 0 Å². The highest BCUT2D eigenvalue weighted by atomic mass is 35.5. The molecule has 0 radical (unpaired) electrons. The Bertz CT molecular complexity index is 623. The minimum Gasteiger partial charge on any atom is -0.364 e. The Morgan fingerprint density at radius 3 is 2.67 bits per heavy atom. The number of nitrogens with one attached hydrogen (secondary N) is 1. The average Bonchev–Trinajstić information content (AvgIpc) is 3.21. The van der Waals surface area contributed by atoms with Crippen LogP contribution in [-0.4, -0.2) is 67.5 Å². The van der Waals surface area contributed by atoms with Crippen molar-refractivity contribution in [2.75, 3.05) is 32.7 Å². The Hall–Kier alpha value is -1.16. The molecular formula is C14H23ClN4O4S. The van der Waals surface area contributed by atoms with Crippen LogP contribution in [0.4, 0.5) is 0 Å². The number of sulfonamides is 1. The first-order valence-electron chi connectivity index (χ1n) is 7.93. The van der Waals surface area contributed by atoms with Crippen molar-refractivity contribution < 1.29 is 17.7 Å². The molecule has 136 valence electrons. The number of carbonyl (C=O) groups is 1. The number of hydrogen-bond donors (Lipinski definition) is 1. The SMILES string of the molecule is Cl.O=C(CC1CCCN1)N1CCN(S(=O)(=O)Cc2ccon2)CC1. The van der Waals surface area contributed by atoms with Crippen LogP contribution in [0.5, 0.6) is 0 Å². The van der Waals surface area contributed by atoms with Gasteiger partial charge in [0.15, 0.2) is 0 Å². The van der Waals surface area contributed by atoms with Gasteiger partial charge >= 0.3 is 0 Å². The molecule has 3 heterocycles. The Kier molecular flexibility index (Phi) is 6.62. The lowest BCUT2D eigenvalue weighted by Gasteiger charge is -2.34. The van der Waals surface area contributed by atoms with E-state index in [1.165, 1.54) is 10.6 Å². The first-order chi connectivity index (χ1) is 11.0. The minimum atomic E-state index is -3.42. The molecule has 1 aromatic rings. The van der Waals surface area contributed by atoms with E-state index in [1.807, 2.05) is 0 Å². The van der Waals surface area contributed by atoms with Crippen LogP contribution in [0.2, 0.25) is 0 Å². The van der Waals surface area contributed by atoms with Gasteiger partial charge in [0.25, 0.3) is 0 Å². The fraction of sp³-hybridized carbons (Fsp3) is 0.714. The highest BCUT2D eigenvalue weighted by Crippen LogP contribution is 2.15. The highest BCUT2D eigenvalue weighted by molar-refractivity contribution is 7.88. The molecule has 1 aromatic heterocycles. The second-order valence-electron chi connectivity index (χ2n) is 6.02. The van der Waals surface area contributed by atoms with Crippen LogP contribution in [0.1, 0.15) is 25.0 Å². The van der Waals surface area contributed by atoms with Crippen LogP contribution in [0, 0.1) is 0 Å². The average molecular weight is 379 g/mol. The maximum absolute atomic E-state index is 12.3. The summed E-state index contributed by atoms with van der Waals surface area (Å²) in [5, 5.41) is 6.96. The van der Waals surface area contributed by atoms with Gasteiger partial charge in [0.05, 0.1) is 5.69 Å². The van der Waals surface area contributed by atoms with Crippen molar-refractivity contribution >= 4 is 28.3 Å². The topological polar surface area (TPSA) is 95.8 Å². The summed E-state index contributed by atoms with van der Waals surface area (Å²) in [6, 6.07) is 1.82. The second-order valence-corrected chi connectivity index (χ2v) is 7.99. The third kappa shape index (κ3) is 4.69. The third-order valence-corrected chi connectivity index (χ3v) is 6.20. The molecule has 0 bridgehead atoms. The van der Waals surface area contributed by atoms with Gasteiger partial charge in [0, 0.05) is 44.7 Å². The summed E-state index contributed by atoms with van der Waals surface area (Å²) in [5.41, 5.74) is 0.399. The summed E-state index contributed by atoms with van der Waals surface area (Å²) in [5.74, 6) is -0.0540. The van der Waals surface area contributed by atoms with E-state index in [0.29, 0.717) is 38.3 Å². The quantitative estimate of drug-likeness (QED) is 0.787. The van der Waals surface area contributed by atoms with Crippen molar-refractivity contribution in [3.05, 3.63) is 18.0 Å². The van der Waals surface area contributed by atoms with E-state index < -0.39 is 10.0 Å². The molecule has 1 amide bonds. The van der Waals surface area contributed by atoms with Gasteiger partial charge in [-0.05, 0) is 19.4 Å². The zero-order valence-electron chi connectivity index (χ0n) is 13.4. The predicted octanol–water partition coefficient (Wildman–Crippen LogP) is 0.213. The first-order valence-corrected chi connectivity index (χ1v) is 9.54. The van der Waals surface area contributed by atoms with Crippen LogP contribution in [0.15, 0.2) is 16.9 Å². The molecule has 2 aliphatic rings. The maximum atomic E-state index is 12.3. The minimum absolute atomic E-state index is 0. The fourth-order valence-electron chi connectivity index (χ4n) is 3.08. The van der Waals surface area contributed by atoms with Gasteiger partial charge in [0.1, 0.15) is 12.0 Å². The normalized spacial score (nSPS) is 22.3. The van der Waals surface area contributed by atoms with Crippen LogP contribution >= 0.6 is 12.4 Å². The lowest BCUT2D eigenvalue weighted by molar-refractivity contribution is -0.132. The number of nitrogens with zero attached hydrogens (tertiary/aromatic N) is 3. The Morgan fingerprint density at radius 1 is 1.33 bits per heavy atom. The number of halogens is 1. The van der Waals surface area contributed by atoms with E-state index in [9.17, 15) is 13.2 Å². The van der Waals surface area contributed by atoms with Crippen molar-refractivity contribution in [2.24, 2.45) is 0 Å². The standard InChI is InChI=1S/C14H22N4O4S.ClH/c19-14(10-12-2-1-4-15-12)17-5-7-18(8-6-17)23(20,21)11-13-3-9-22-16-13;/h3,9,12,15H,1-2,4-8,10-11H2;1H. The van der Waals surface area contributed by atoms with Gasteiger partial charge in [0.2, 0.25) is 15.9 Å². The number of piperazine rings is 1. The van der Waals surface area contributed by atoms with Crippen LogP contribution in [0.25, 0.3) is 0 Å². The smallest absolute Gasteiger partial charge is 0.224 e. The van der Waals surface area contributed by atoms with Crippen molar-refractivity contribution in [1.29, 1.82) is 0 Å². The fourth-order valence-corrected chi connectivity index (χ4v) is 4.50. The zero-order valence-corrected chi connectivity index (χ0v) is 15.0. The number of hydrogen-bond acceptors (Lipinski definition) is 6. The molecule has 0 aromatic carbocycles. The van der Waals surface area contributed by atoms with Gasteiger partial charge in [-0.2, -0.15) is 4.31 Å². The van der Waals surface area contributed by atoms with Crippen LogP contribution < -0.4 is 5.32 Å². The summed E-state index contributed by atoms with van der Waals surface area (Å²) in [6.45, 7) is 2.55. The number of aromatic nitrogens is 1. The van der Waals surface area contributed by atoms with Gasteiger partial charge in [-0.3, -0.25) is 4.79 Å². The summed E-state index contributed by atoms with van der Waals surface area (Å²) in [7, 11) is -3.42. The molecule has 0 spiro atoms. The molecule has 0 saturated carbocycles. The Balaban J connectivity index is 0.00000208. The molecule has 2 aliphatic heterocycles. The van der Waals surface area contributed by atoms with E-state index in [2.05, 4.69) is 15.0 Å². The Morgan fingerprint density at radius 2 is 2.08 bits per heavy atom. The van der Waals surface area contributed by atoms with Crippen molar-refractivity contribution in [1.82, 2.24) is 19.7 Å². The summed E-state index contributed by atoms with van der Waals surface area (Å²) in [4.78, 5) is 14.0. The largest absolute Gasteiger partial charge is 0.364 e. The molecule has 2 saturated heterocycles. The summed E-state index contributed by atoms with van der Waals surface area (Å²) < 4.78 is 30.8. The molecule has 0 aliphatic carbocycles. The van der Waals surface area contributed by atoms with Crippen molar-refractivity contribution in [3.63, 3.8) is 0 Å². The molecular weight excluding hydrogens is 356 g/mol. The number of carbonyl (C=O) groups excluding carboxylic acids is 1. The lowest BCUT2D eigenvalue weighted by atomic mass is 10.1.